The van der Waals surface area contributed by atoms with Crippen LogP contribution in [0.25, 0.3) is 0 Å². The highest BCUT2D eigenvalue weighted by molar-refractivity contribution is 7.80. The van der Waals surface area contributed by atoms with Crippen molar-refractivity contribution in [3.8, 4) is 6.07 Å². The van der Waals surface area contributed by atoms with E-state index in [9.17, 15) is 0 Å². The maximum absolute atomic E-state index is 9.13. The average Bonchev–Trinajstić information content (AvgIpc) is 2.48. The number of allylic oxidation sites excluding steroid dienone is 1. The van der Waals surface area contributed by atoms with Crippen molar-refractivity contribution in [2.75, 3.05) is 31.1 Å². The number of benzene rings is 1. The van der Waals surface area contributed by atoms with E-state index >= 15 is 0 Å². The van der Waals surface area contributed by atoms with Crippen molar-refractivity contribution in [1.29, 1.82) is 5.26 Å². The maximum Gasteiger partial charge on any atom is 0.116 e. The molecule has 6 heteroatoms. The lowest BCUT2D eigenvalue weighted by Gasteiger charge is -2.38. The highest BCUT2D eigenvalue weighted by Crippen LogP contribution is 2.26. The Morgan fingerprint density at radius 2 is 1.90 bits per heavy atom. The molecule has 0 atom stereocenters. The Balaban J connectivity index is 2.09. The second-order valence-corrected chi connectivity index (χ2v) is 5.71. The summed E-state index contributed by atoms with van der Waals surface area (Å²) >= 11 is 11.2. The zero-order chi connectivity index (χ0) is 15.4. The number of hydrogen-bond donors (Lipinski definition) is 1. The van der Waals surface area contributed by atoms with Crippen molar-refractivity contribution in [1.82, 2.24) is 4.90 Å². The number of piperazine rings is 1. The molecule has 2 N–H and O–H groups in total. The molecule has 0 bridgehead atoms. The molecular weight excluding hydrogens is 304 g/mol. The second-order valence-electron chi connectivity index (χ2n) is 4.86. The first-order chi connectivity index (χ1) is 10.0. The fraction of sp³-hybridized carbons (Fsp3) is 0.333. The fourth-order valence-corrected chi connectivity index (χ4v) is 2.91. The summed E-state index contributed by atoms with van der Waals surface area (Å²) in [6, 6.07) is 9.92. The molecule has 0 unspecified atom stereocenters. The standard InChI is InChI=1S/C15H17ClN4S/c1-11(12(10-17)15(18)21)19-6-8-20(9-7-19)14-5-3-2-4-13(14)16/h2-5H,6-9H2,1H3,(H2,18,21). The Labute approximate surface area is 135 Å². The van der Waals surface area contributed by atoms with Gasteiger partial charge in [-0.15, -0.1) is 0 Å². The largest absolute Gasteiger partial charge is 0.389 e. The number of thiocarbonyl (C=S) groups is 1. The van der Waals surface area contributed by atoms with Crippen LogP contribution in [-0.2, 0) is 0 Å². The van der Waals surface area contributed by atoms with E-state index in [0.717, 1.165) is 42.6 Å². The number of anilines is 1. The SMILES string of the molecule is CC(=C(C#N)C(N)=S)N1CCN(c2ccccc2Cl)CC1. The fourth-order valence-electron chi connectivity index (χ4n) is 2.46. The van der Waals surface area contributed by atoms with Crippen molar-refractivity contribution in [3.05, 3.63) is 40.6 Å². The van der Waals surface area contributed by atoms with E-state index < -0.39 is 0 Å². The van der Waals surface area contributed by atoms with Crippen LogP contribution in [0.15, 0.2) is 35.5 Å². The van der Waals surface area contributed by atoms with Gasteiger partial charge in [0.05, 0.1) is 10.7 Å². The molecule has 1 aromatic rings. The molecule has 0 amide bonds. The lowest BCUT2D eigenvalue weighted by molar-refractivity contribution is 0.321. The normalized spacial score (nSPS) is 16.2. The zero-order valence-corrected chi connectivity index (χ0v) is 13.4. The van der Waals surface area contributed by atoms with Crippen LogP contribution >= 0.6 is 23.8 Å². The number of nitrogens with two attached hydrogens (primary N) is 1. The van der Waals surface area contributed by atoms with E-state index in [1.807, 2.05) is 31.2 Å². The molecule has 4 nitrogen and oxygen atoms in total. The molecule has 1 aliphatic heterocycles. The number of para-hydroxylation sites is 1. The van der Waals surface area contributed by atoms with Gasteiger partial charge in [-0.05, 0) is 19.1 Å². The molecule has 1 aromatic carbocycles. The van der Waals surface area contributed by atoms with Crippen LogP contribution in [0.1, 0.15) is 6.92 Å². The summed E-state index contributed by atoms with van der Waals surface area (Å²) in [6.07, 6.45) is 0. The molecule has 1 fully saturated rings. The summed E-state index contributed by atoms with van der Waals surface area (Å²) in [5.41, 5.74) is 7.89. The predicted molar refractivity (Wildman–Crippen MR) is 90.3 cm³/mol. The van der Waals surface area contributed by atoms with E-state index in [-0.39, 0.29) is 4.99 Å². The number of halogens is 1. The van der Waals surface area contributed by atoms with Gasteiger partial charge in [0.1, 0.15) is 16.6 Å². The molecule has 0 aromatic heterocycles. The van der Waals surface area contributed by atoms with Gasteiger partial charge in [-0.25, -0.2) is 0 Å². The highest BCUT2D eigenvalue weighted by Gasteiger charge is 2.21. The highest BCUT2D eigenvalue weighted by atomic mass is 35.5. The molecular formula is C15H17ClN4S. The minimum absolute atomic E-state index is 0.156. The van der Waals surface area contributed by atoms with Gasteiger partial charge in [-0.1, -0.05) is 36.0 Å². The third-order valence-electron chi connectivity index (χ3n) is 3.67. The van der Waals surface area contributed by atoms with Crippen molar-refractivity contribution >= 4 is 34.5 Å². The Bertz CT molecular complexity index is 612. The molecule has 0 radical (unpaired) electrons. The van der Waals surface area contributed by atoms with Crippen LogP contribution in [0.2, 0.25) is 5.02 Å². The Morgan fingerprint density at radius 1 is 1.29 bits per heavy atom. The van der Waals surface area contributed by atoms with Gasteiger partial charge < -0.3 is 15.5 Å². The van der Waals surface area contributed by atoms with Crippen molar-refractivity contribution in [2.45, 2.75) is 6.92 Å². The molecule has 1 saturated heterocycles. The minimum Gasteiger partial charge on any atom is -0.389 e. The first-order valence-corrected chi connectivity index (χ1v) is 7.48. The summed E-state index contributed by atoms with van der Waals surface area (Å²) in [7, 11) is 0. The van der Waals surface area contributed by atoms with Crippen molar-refractivity contribution < 1.29 is 0 Å². The summed E-state index contributed by atoms with van der Waals surface area (Å²) in [5.74, 6) is 0. The van der Waals surface area contributed by atoms with Crippen molar-refractivity contribution in [2.24, 2.45) is 5.73 Å². The van der Waals surface area contributed by atoms with E-state index in [0.29, 0.717) is 5.57 Å². The average molecular weight is 321 g/mol. The van der Waals surface area contributed by atoms with Crippen LogP contribution in [0, 0.1) is 11.3 Å². The van der Waals surface area contributed by atoms with Gasteiger partial charge in [-0.3, -0.25) is 0 Å². The molecule has 110 valence electrons. The minimum atomic E-state index is 0.156. The van der Waals surface area contributed by atoms with Crippen molar-refractivity contribution in [3.63, 3.8) is 0 Å². The molecule has 0 aliphatic carbocycles. The number of rotatable bonds is 3. The monoisotopic (exact) mass is 320 g/mol. The van der Waals surface area contributed by atoms with E-state index in [4.69, 9.17) is 34.8 Å². The predicted octanol–water partition coefficient (Wildman–Crippen LogP) is 2.55. The lowest BCUT2D eigenvalue weighted by atomic mass is 10.2. The van der Waals surface area contributed by atoms with E-state index in [2.05, 4.69) is 15.9 Å². The van der Waals surface area contributed by atoms with E-state index in [1.165, 1.54) is 0 Å². The lowest BCUT2D eigenvalue weighted by Crippen LogP contribution is -2.46. The Morgan fingerprint density at radius 3 is 2.43 bits per heavy atom. The van der Waals surface area contributed by atoms with Gasteiger partial charge in [0.15, 0.2) is 0 Å². The van der Waals surface area contributed by atoms with Crippen LogP contribution in [0.5, 0.6) is 0 Å². The first kappa shape index (κ1) is 15.6. The molecule has 21 heavy (non-hydrogen) atoms. The van der Waals surface area contributed by atoms with Gasteiger partial charge in [0, 0.05) is 31.9 Å². The summed E-state index contributed by atoms with van der Waals surface area (Å²) in [5, 5.41) is 9.90. The van der Waals surface area contributed by atoms with Gasteiger partial charge in [0.25, 0.3) is 0 Å². The molecule has 1 aliphatic rings. The Kier molecular flexibility index (Phi) is 5.05. The Hall–Kier alpha value is -1.77. The quantitative estimate of drug-likeness (QED) is 0.527. The number of nitriles is 1. The summed E-state index contributed by atoms with van der Waals surface area (Å²) in [6.45, 7) is 5.20. The molecule has 0 spiro atoms. The third kappa shape index (κ3) is 3.46. The maximum atomic E-state index is 9.13. The summed E-state index contributed by atoms with van der Waals surface area (Å²) in [4.78, 5) is 4.55. The van der Waals surface area contributed by atoms with Gasteiger partial charge >= 0.3 is 0 Å². The van der Waals surface area contributed by atoms with Crippen LogP contribution < -0.4 is 10.6 Å². The molecule has 0 saturated carbocycles. The second kappa shape index (κ2) is 6.79. The number of hydrogen-bond acceptors (Lipinski definition) is 4. The van der Waals surface area contributed by atoms with Crippen LogP contribution in [0.4, 0.5) is 5.69 Å². The van der Waals surface area contributed by atoms with Crippen LogP contribution in [-0.4, -0.2) is 36.1 Å². The van der Waals surface area contributed by atoms with Crippen LogP contribution in [0.3, 0.4) is 0 Å². The third-order valence-corrected chi connectivity index (χ3v) is 4.19. The first-order valence-electron chi connectivity index (χ1n) is 6.69. The number of nitrogens with zero attached hydrogens (tertiary/aromatic N) is 3. The van der Waals surface area contributed by atoms with Gasteiger partial charge in [-0.2, -0.15) is 5.26 Å². The topological polar surface area (TPSA) is 56.3 Å². The van der Waals surface area contributed by atoms with Gasteiger partial charge in [0.2, 0.25) is 0 Å². The zero-order valence-electron chi connectivity index (χ0n) is 11.8. The molecule has 2 rings (SSSR count). The van der Waals surface area contributed by atoms with E-state index in [1.54, 1.807) is 0 Å². The molecule has 1 heterocycles. The summed E-state index contributed by atoms with van der Waals surface area (Å²) < 4.78 is 0. The smallest absolute Gasteiger partial charge is 0.116 e.